The number of hydrogen-bond acceptors (Lipinski definition) is 3. The van der Waals surface area contributed by atoms with Crippen LogP contribution in [0.2, 0.25) is 0 Å². The molecule has 2 amide bonds. The molecule has 0 radical (unpaired) electrons. The normalized spacial score (nSPS) is 10.2. The van der Waals surface area contributed by atoms with E-state index in [1.165, 1.54) is 0 Å². The van der Waals surface area contributed by atoms with E-state index >= 15 is 0 Å². The number of carbonyl (C=O) groups is 2. The van der Waals surface area contributed by atoms with Crippen molar-refractivity contribution in [3.05, 3.63) is 34.3 Å². The molecule has 6 heteroatoms. The molecule has 0 saturated carbocycles. The molecule has 0 heterocycles. The van der Waals surface area contributed by atoms with Gasteiger partial charge in [0.1, 0.15) is 0 Å². The third-order valence-electron chi connectivity index (χ3n) is 2.33. The summed E-state index contributed by atoms with van der Waals surface area (Å²) >= 11 is 3.31. The summed E-state index contributed by atoms with van der Waals surface area (Å²) in [6.45, 7) is 5.00. The number of rotatable bonds is 6. The maximum atomic E-state index is 11.7. The number of hydrogen-bond donors (Lipinski definition) is 2. The molecule has 110 valence electrons. The molecule has 1 aromatic carbocycles. The Hall–Kier alpha value is -1.56. The lowest BCUT2D eigenvalue weighted by atomic mass is 10.2. The molecule has 0 atom stereocenters. The Bertz CT molecular complexity index is 446. The molecule has 20 heavy (non-hydrogen) atoms. The monoisotopic (exact) mass is 342 g/mol. The first-order chi connectivity index (χ1) is 9.49. The average molecular weight is 343 g/mol. The van der Waals surface area contributed by atoms with Gasteiger partial charge in [-0.25, -0.2) is 4.79 Å². The van der Waals surface area contributed by atoms with Crippen LogP contribution in [0.4, 0.5) is 4.79 Å². The zero-order chi connectivity index (χ0) is 15.0. The highest BCUT2D eigenvalue weighted by Gasteiger charge is 2.05. The van der Waals surface area contributed by atoms with E-state index in [0.29, 0.717) is 31.2 Å². The lowest BCUT2D eigenvalue weighted by molar-refractivity contribution is 0.0951. The minimum Gasteiger partial charge on any atom is -0.449 e. The van der Waals surface area contributed by atoms with Crippen LogP contribution in [0, 0.1) is 5.92 Å². The van der Waals surface area contributed by atoms with Crippen LogP contribution in [-0.2, 0) is 4.74 Å². The fraction of sp³-hybridized carbons (Fsp3) is 0.429. The molecule has 5 nitrogen and oxygen atoms in total. The minimum absolute atomic E-state index is 0.171. The van der Waals surface area contributed by atoms with Crippen LogP contribution in [0.3, 0.4) is 0 Å². The van der Waals surface area contributed by atoms with Gasteiger partial charge in [0.15, 0.2) is 0 Å². The number of halogens is 1. The van der Waals surface area contributed by atoms with E-state index in [1.807, 2.05) is 13.8 Å². The molecule has 0 fully saturated rings. The second-order valence-corrected chi connectivity index (χ2v) is 5.60. The van der Waals surface area contributed by atoms with Gasteiger partial charge in [0, 0.05) is 23.1 Å². The largest absolute Gasteiger partial charge is 0.449 e. The van der Waals surface area contributed by atoms with E-state index in [-0.39, 0.29) is 5.91 Å². The topological polar surface area (TPSA) is 67.4 Å². The highest BCUT2D eigenvalue weighted by atomic mass is 79.9. The Balaban J connectivity index is 2.19. The SMILES string of the molecule is CC(C)COC(=O)NCCNC(=O)c1ccc(Br)cc1. The summed E-state index contributed by atoms with van der Waals surface area (Å²) < 4.78 is 5.86. The van der Waals surface area contributed by atoms with Crippen molar-refractivity contribution in [3.63, 3.8) is 0 Å². The Kier molecular flexibility index (Phi) is 7.08. The Morgan fingerprint density at radius 2 is 1.75 bits per heavy atom. The van der Waals surface area contributed by atoms with Gasteiger partial charge in [-0.15, -0.1) is 0 Å². The molecule has 0 bridgehead atoms. The smallest absolute Gasteiger partial charge is 0.407 e. The molecule has 2 N–H and O–H groups in total. The van der Waals surface area contributed by atoms with Gasteiger partial charge in [-0.1, -0.05) is 29.8 Å². The lowest BCUT2D eigenvalue weighted by Gasteiger charge is -2.09. The van der Waals surface area contributed by atoms with E-state index in [1.54, 1.807) is 24.3 Å². The third kappa shape index (κ3) is 6.56. The molecule has 0 aliphatic rings. The summed E-state index contributed by atoms with van der Waals surface area (Å²) in [6.07, 6.45) is -0.461. The van der Waals surface area contributed by atoms with Crippen LogP contribution in [0.25, 0.3) is 0 Å². The van der Waals surface area contributed by atoms with Crippen molar-refractivity contribution in [1.82, 2.24) is 10.6 Å². The number of nitrogens with one attached hydrogen (secondary N) is 2. The third-order valence-corrected chi connectivity index (χ3v) is 2.86. The molecular weight excluding hydrogens is 324 g/mol. The van der Waals surface area contributed by atoms with Gasteiger partial charge >= 0.3 is 6.09 Å². The molecule has 0 spiro atoms. The highest BCUT2D eigenvalue weighted by Crippen LogP contribution is 2.10. The van der Waals surface area contributed by atoms with Crippen molar-refractivity contribution in [3.8, 4) is 0 Å². The zero-order valence-corrected chi connectivity index (χ0v) is 13.2. The first-order valence-electron chi connectivity index (χ1n) is 6.43. The fourth-order valence-corrected chi connectivity index (χ4v) is 1.60. The average Bonchev–Trinajstić information content (AvgIpc) is 2.42. The van der Waals surface area contributed by atoms with Crippen molar-refractivity contribution < 1.29 is 14.3 Å². The van der Waals surface area contributed by atoms with E-state index in [4.69, 9.17) is 4.74 Å². The van der Waals surface area contributed by atoms with E-state index in [2.05, 4.69) is 26.6 Å². The first kappa shape index (κ1) is 16.5. The number of alkyl carbamates (subject to hydrolysis) is 1. The van der Waals surface area contributed by atoms with Crippen LogP contribution in [0.15, 0.2) is 28.7 Å². The second-order valence-electron chi connectivity index (χ2n) is 4.68. The van der Waals surface area contributed by atoms with Gasteiger partial charge < -0.3 is 15.4 Å². The molecule has 0 unspecified atom stereocenters. The summed E-state index contributed by atoms with van der Waals surface area (Å²) in [6, 6.07) is 7.06. The number of ether oxygens (including phenoxy) is 1. The number of carbonyl (C=O) groups excluding carboxylic acids is 2. The molecular formula is C14H19BrN2O3. The Morgan fingerprint density at radius 1 is 1.15 bits per heavy atom. The molecule has 0 aromatic heterocycles. The predicted octanol–water partition coefficient (Wildman–Crippen LogP) is 2.56. The van der Waals surface area contributed by atoms with Gasteiger partial charge in [0.25, 0.3) is 5.91 Å². The quantitative estimate of drug-likeness (QED) is 0.780. The molecule has 0 aliphatic heterocycles. The maximum Gasteiger partial charge on any atom is 0.407 e. The van der Waals surface area contributed by atoms with Crippen molar-refractivity contribution >= 4 is 27.9 Å². The van der Waals surface area contributed by atoms with Gasteiger partial charge in [0.2, 0.25) is 0 Å². The summed E-state index contributed by atoms with van der Waals surface area (Å²) in [5.41, 5.74) is 0.579. The summed E-state index contributed by atoms with van der Waals surface area (Å²) in [5, 5.41) is 5.28. The summed E-state index contributed by atoms with van der Waals surface area (Å²) in [4.78, 5) is 23.0. The second kappa shape index (κ2) is 8.58. The van der Waals surface area contributed by atoms with Crippen LogP contribution in [0.5, 0.6) is 0 Å². The summed E-state index contributed by atoms with van der Waals surface area (Å²) in [7, 11) is 0. The van der Waals surface area contributed by atoms with Crippen molar-refractivity contribution in [2.45, 2.75) is 13.8 Å². The fourth-order valence-electron chi connectivity index (χ4n) is 1.34. The standard InChI is InChI=1S/C14H19BrN2O3/c1-10(2)9-20-14(19)17-8-7-16-13(18)11-3-5-12(15)6-4-11/h3-6,10H,7-9H2,1-2H3,(H,16,18)(H,17,19). The number of amides is 2. The number of benzene rings is 1. The van der Waals surface area contributed by atoms with Gasteiger partial charge in [-0.3, -0.25) is 4.79 Å². The van der Waals surface area contributed by atoms with E-state index in [0.717, 1.165) is 4.47 Å². The van der Waals surface area contributed by atoms with Crippen LogP contribution < -0.4 is 10.6 Å². The van der Waals surface area contributed by atoms with Crippen LogP contribution >= 0.6 is 15.9 Å². The first-order valence-corrected chi connectivity index (χ1v) is 7.22. The highest BCUT2D eigenvalue weighted by molar-refractivity contribution is 9.10. The zero-order valence-electron chi connectivity index (χ0n) is 11.6. The predicted molar refractivity (Wildman–Crippen MR) is 80.7 cm³/mol. The minimum atomic E-state index is -0.461. The van der Waals surface area contributed by atoms with Crippen molar-refractivity contribution in [2.75, 3.05) is 19.7 Å². The van der Waals surface area contributed by atoms with Crippen molar-refractivity contribution in [1.29, 1.82) is 0 Å². The summed E-state index contributed by atoms with van der Waals surface area (Å²) in [5.74, 6) is 0.132. The Morgan fingerprint density at radius 3 is 2.35 bits per heavy atom. The Labute approximate surface area is 127 Å². The van der Waals surface area contributed by atoms with E-state index in [9.17, 15) is 9.59 Å². The molecule has 1 rings (SSSR count). The molecule has 1 aromatic rings. The van der Waals surface area contributed by atoms with E-state index < -0.39 is 6.09 Å². The van der Waals surface area contributed by atoms with Crippen LogP contribution in [0.1, 0.15) is 24.2 Å². The van der Waals surface area contributed by atoms with Crippen LogP contribution in [-0.4, -0.2) is 31.7 Å². The molecule has 0 aliphatic carbocycles. The van der Waals surface area contributed by atoms with Gasteiger partial charge in [-0.05, 0) is 30.2 Å². The van der Waals surface area contributed by atoms with Crippen molar-refractivity contribution in [2.24, 2.45) is 5.92 Å². The molecule has 0 saturated heterocycles. The van der Waals surface area contributed by atoms with Gasteiger partial charge in [0.05, 0.1) is 6.61 Å². The maximum absolute atomic E-state index is 11.7. The van der Waals surface area contributed by atoms with Gasteiger partial charge in [-0.2, -0.15) is 0 Å². The lowest BCUT2D eigenvalue weighted by Crippen LogP contribution is -2.35.